The summed E-state index contributed by atoms with van der Waals surface area (Å²) in [5.41, 5.74) is 4.99. The van der Waals surface area contributed by atoms with Gasteiger partial charge in [-0.3, -0.25) is 4.90 Å². The Morgan fingerprint density at radius 3 is 1.35 bits per heavy atom. The van der Waals surface area contributed by atoms with Crippen molar-refractivity contribution in [1.82, 2.24) is 4.98 Å². The molecule has 1 aromatic heterocycles. The van der Waals surface area contributed by atoms with Crippen molar-refractivity contribution in [3.63, 3.8) is 0 Å². The normalized spacial score (nSPS) is 11.4. The molecule has 0 aliphatic carbocycles. The van der Waals surface area contributed by atoms with Crippen LogP contribution in [-0.2, 0) is 0 Å². The molecule has 204 valence electrons. The fraction of sp³-hybridized carbons (Fsp3) is 0. The van der Waals surface area contributed by atoms with Crippen molar-refractivity contribution in [3.8, 4) is 0 Å². The second kappa shape index (κ2) is 10.3. The predicted octanol–water partition coefficient (Wildman–Crippen LogP) is 11.1. The van der Waals surface area contributed by atoms with E-state index in [2.05, 4.69) is 107 Å². The highest BCUT2D eigenvalue weighted by atomic mass is 19.1. The Labute approximate surface area is 249 Å². The Kier molecular flexibility index (Phi) is 5.97. The molecule has 0 atom stereocenters. The zero-order valence-corrected chi connectivity index (χ0v) is 23.2. The largest absolute Gasteiger partial charge is 0.310 e. The summed E-state index contributed by atoms with van der Waals surface area (Å²) in [7, 11) is 0. The standard InChI is InChI=1S/C39H26FN3/c40-34-17-10-26-41-39(34)43(31-15-8-3-9-16-31)36-25-21-28-18-22-32-35(24-20-27-19-23-33(36)38(28)37(27)32)42(29-11-4-1-5-12-29)30-13-6-2-7-14-30/h1-26H. The van der Waals surface area contributed by atoms with Crippen LogP contribution in [-0.4, -0.2) is 4.98 Å². The van der Waals surface area contributed by atoms with Gasteiger partial charge in [0.15, 0.2) is 11.6 Å². The lowest BCUT2D eigenvalue weighted by Gasteiger charge is -2.29. The molecule has 8 rings (SSSR count). The summed E-state index contributed by atoms with van der Waals surface area (Å²) in [5.74, 6) is -0.107. The molecule has 0 fully saturated rings. The molecule has 0 spiro atoms. The molecule has 0 aliphatic heterocycles. The van der Waals surface area contributed by atoms with E-state index in [4.69, 9.17) is 0 Å². The van der Waals surface area contributed by atoms with Crippen molar-refractivity contribution in [2.45, 2.75) is 0 Å². The number of nitrogens with zero attached hydrogens (tertiary/aromatic N) is 3. The Balaban J connectivity index is 1.42. The topological polar surface area (TPSA) is 19.4 Å². The van der Waals surface area contributed by atoms with Crippen molar-refractivity contribution in [3.05, 3.63) is 164 Å². The van der Waals surface area contributed by atoms with Crippen LogP contribution < -0.4 is 9.80 Å². The first-order valence-electron chi connectivity index (χ1n) is 14.3. The predicted molar refractivity (Wildman–Crippen MR) is 177 cm³/mol. The summed E-state index contributed by atoms with van der Waals surface area (Å²) in [4.78, 5) is 8.72. The average molecular weight is 556 g/mol. The van der Waals surface area contributed by atoms with Crippen LogP contribution in [0.3, 0.4) is 0 Å². The van der Waals surface area contributed by atoms with Crippen molar-refractivity contribution < 1.29 is 4.39 Å². The van der Waals surface area contributed by atoms with E-state index in [1.807, 2.05) is 47.4 Å². The fourth-order valence-electron chi connectivity index (χ4n) is 6.24. The molecule has 0 bridgehead atoms. The van der Waals surface area contributed by atoms with Gasteiger partial charge in [0, 0.05) is 34.0 Å². The summed E-state index contributed by atoms with van der Waals surface area (Å²) in [6, 6.07) is 51.3. The van der Waals surface area contributed by atoms with Gasteiger partial charge in [0.25, 0.3) is 0 Å². The Morgan fingerprint density at radius 2 is 0.860 bits per heavy atom. The fourth-order valence-corrected chi connectivity index (χ4v) is 6.24. The first kappa shape index (κ1) is 25.0. The van der Waals surface area contributed by atoms with Gasteiger partial charge < -0.3 is 4.90 Å². The van der Waals surface area contributed by atoms with E-state index in [0.717, 1.165) is 55.4 Å². The second-order valence-corrected chi connectivity index (χ2v) is 10.6. The maximum Gasteiger partial charge on any atom is 0.174 e. The number of halogens is 1. The van der Waals surface area contributed by atoms with Crippen LogP contribution in [0.5, 0.6) is 0 Å². The van der Waals surface area contributed by atoms with E-state index >= 15 is 4.39 Å². The molecular weight excluding hydrogens is 529 g/mol. The summed E-state index contributed by atoms with van der Waals surface area (Å²) < 4.78 is 15.4. The van der Waals surface area contributed by atoms with Gasteiger partial charge in [-0.15, -0.1) is 0 Å². The minimum atomic E-state index is -0.374. The highest BCUT2D eigenvalue weighted by molar-refractivity contribution is 6.28. The molecule has 8 aromatic rings. The molecule has 0 saturated carbocycles. The number of anilines is 6. The van der Waals surface area contributed by atoms with Gasteiger partial charge in [0.1, 0.15) is 0 Å². The van der Waals surface area contributed by atoms with E-state index in [1.54, 1.807) is 12.3 Å². The third kappa shape index (κ3) is 4.15. The number of pyridine rings is 1. The average Bonchev–Trinajstić information content (AvgIpc) is 3.07. The molecule has 43 heavy (non-hydrogen) atoms. The molecule has 0 aliphatic rings. The number of para-hydroxylation sites is 3. The third-order valence-corrected chi connectivity index (χ3v) is 8.09. The van der Waals surface area contributed by atoms with E-state index in [9.17, 15) is 0 Å². The van der Waals surface area contributed by atoms with Gasteiger partial charge in [-0.25, -0.2) is 9.37 Å². The monoisotopic (exact) mass is 555 g/mol. The zero-order valence-electron chi connectivity index (χ0n) is 23.2. The molecule has 0 amide bonds. The molecule has 0 N–H and O–H groups in total. The molecule has 0 unspecified atom stereocenters. The summed E-state index contributed by atoms with van der Waals surface area (Å²) >= 11 is 0. The quantitative estimate of drug-likeness (QED) is 0.190. The maximum absolute atomic E-state index is 15.4. The molecule has 1 heterocycles. The zero-order chi connectivity index (χ0) is 28.8. The Hall–Kier alpha value is -5.74. The number of aromatic nitrogens is 1. The van der Waals surface area contributed by atoms with Crippen LogP contribution in [0.25, 0.3) is 32.3 Å². The Bertz CT molecular complexity index is 2160. The molecular formula is C39H26FN3. The van der Waals surface area contributed by atoms with Crippen LogP contribution >= 0.6 is 0 Å². The first-order chi connectivity index (χ1) is 21.3. The van der Waals surface area contributed by atoms with Crippen LogP contribution in [0.15, 0.2) is 158 Å². The van der Waals surface area contributed by atoms with Crippen LogP contribution in [0, 0.1) is 5.82 Å². The van der Waals surface area contributed by atoms with Crippen LogP contribution in [0.4, 0.5) is 38.6 Å². The van der Waals surface area contributed by atoms with Crippen molar-refractivity contribution in [1.29, 1.82) is 0 Å². The van der Waals surface area contributed by atoms with E-state index in [1.165, 1.54) is 11.5 Å². The van der Waals surface area contributed by atoms with Gasteiger partial charge in [-0.1, -0.05) is 91.0 Å². The van der Waals surface area contributed by atoms with Gasteiger partial charge in [0.2, 0.25) is 0 Å². The number of rotatable bonds is 6. The summed E-state index contributed by atoms with van der Waals surface area (Å²) in [6.45, 7) is 0. The third-order valence-electron chi connectivity index (χ3n) is 8.09. The summed E-state index contributed by atoms with van der Waals surface area (Å²) in [5, 5.41) is 6.80. The molecule has 3 nitrogen and oxygen atoms in total. The van der Waals surface area contributed by atoms with Gasteiger partial charge >= 0.3 is 0 Å². The lowest BCUT2D eigenvalue weighted by Crippen LogP contribution is -2.14. The second-order valence-electron chi connectivity index (χ2n) is 10.6. The molecule has 0 radical (unpaired) electrons. The SMILES string of the molecule is Fc1cccnc1N(c1ccccc1)c1ccc2ccc3c(N(c4ccccc4)c4ccccc4)ccc4ccc1c2c43. The molecule has 4 heteroatoms. The lowest BCUT2D eigenvalue weighted by molar-refractivity contribution is 0.623. The van der Waals surface area contributed by atoms with Gasteiger partial charge in [-0.2, -0.15) is 0 Å². The molecule has 7 aromatic carbocycles. The number of hydrogen-bond donors (Lipinski definition) is 0. The Morgan fingerprint density at radius 1 is 0.419 bits per heavy atom. The molecule has 0 saturated heterocycles. The van der Waals surface area contributed by atoms with Crippen molar-refractivity contribution >= 4 is 66.6 Å². The summed E-state index contributed by atoms with van der Waals surface area (Å²) in [6.07, 6.45) is 1.64. The van der Waals surface area contributed by atoms with Crippen molar-refractivity contribution in [2.75, 3.05) is 9.80 Å². The minimum absolute atomic E-state index is 0.267. The smallest absolute Gasteiger partial charge is 0.174 e. The van der Waals surface area contributed by atoms with Gasteiger partial charge in [0.05, 0.1) is 11.4 Å². The highest BCUT2D eigenvalue weighted by Gasteiger charge is 2.23. The van der Waals surface area contributed by atoms with E-state index < -0.39 is 0 Å². The van der Waals surface area contributed by atoms with Crippen molar-refractivity contribution in [2.24, 2.45) is 0 Å². The number of hydrogen-bond acceptors (Lipinski definition) is 3. The van der Waals surface area contributed by atoms with Crippen LogP contribution in [0.1, 0.15) is 0 Å². The van der Waals surface area contributed by atoms with Gasteiger partial charge in [-0.05, 0) is 82.2 Å². The van der Waals surface area contributed by atoms with E-state index in [-0.39, 0.29) is 11.6 Å². The van der Waals surface area contributed by atoms with E-state index in [0.29, 0.717) is 0 Å². The maximum atomic E-state index is 15.4. The minimum Gasteiger partial charge on any atom is -0.310 e. The van der Waals surface area contributed by atoms with Crippen LogP contribution in [0.2, 0.25) is 0 Å². The number of benzene rings is 7. The lowest BCUT2D eigenvalue weighted by atomic mass is 9.92. The highest BCUT2D eigenvalue weighted by Crippen LogP contribution is 2.47. The first-order valence-corrected chi connectivity index (χ1v) is 14.3.